The Hall–Kier alpha value is -1.81. The summed E-state index contributed by atoms with van der Waals surface area (Å²) in [6.45, 7) is 5.35. The highest BCUT2D eigenvalue weighted by molar-refractivity contribution is 5.83. The van der Waals surface area contributed by atoms with Gasteiger partial charge in [-0.2, -0.15) is 0 Å². The predicted molar refractivity (Wildman–Crippen MR) is 89.1 cm³/mol. The lowest BCUT2D eigenvalue weighted by atomic mass is 10.1. The minimum Gasteiger partial charge on any atom is -0.497 e. The lowest BCUT2D eigenvalue weighted by molar-refractivity contribution is 0.244. The van der Waals surface area contributed by atoms with Crippen LogP contribution in [0.4, 0.5) is 5.82 Å². The van der Waals surface area contributed by atoms with Gasteiger partial charge in [-0.3, -0.25) is 4.90 Å². The first-order valence-corrected chi connectivity index (χ1v) is 7.44. The number of rotatable bonds is 6. The second-order valence-electron chi connectivity index (χ2n) is 5.48. The van der Waals surface area contributed by atoms with Gasteiger partial charge in [-0.25, -0.2) is 4.98 Å². The summed E-state index contributed by atoms with van der Waals surface area (Å²) in [5.74, 6) is 1.77. The van der Waals surface area contributed by atoms with E-state index in [2.05, 4.69) is 43.2 Å². The molecule has 0 spiro atoms. The van der Waals surface area contributed by atoms with Crippen molar-refractivity contribution in [1.29, 1.82) is 0 Å². The summed E-state index contributed by atoms with van der Waals surface area (Å²) < 4.78 is 5.27. The molecule has 1 atom stereocenters. The van der Waals surface area contributed by atoms with Crippen LogP contribution in [0.25, 0.3) is 10.9 Å². The molecule has 0 saturated carbocycles. The number of fused-ring (bicyclic) bond motifs is 1. The molecule has 1 heterocycles. The quantitative estimate of drug-likeness (QED) is 0.882. The van der Waals surface area contributed by atoms with Gasteiger partial charge in [0, 0.05) is 36.7 Å². The fraction of sp³-hybridized carbons (Fsp3) is 0.471. The fourth-order valence-electron chi connectivity index (χ4n) is 2.39. The van der Waals surface area contributed by atoms with E-state index in [1.54, 1.807) is 7.11 Å². The van der Waals surface area contributed by atoms with Crippen molar-refractivity contribution in [3.63, 3.8) is 0 Å². The maximum absolute atomic E-state index is 5.27. The van der Waals surface area contributed by atoms with Crippen molar-refractivity contribution in [2.75, 3.05) is 26.5 Å². The molecule has 2 aromatic rings. The van der Waals surface area contributed by atoms with Crippen LogP contribution in [0.3, 0.4) is 0 Å². The normalized spacial score (nSPS) is 12.7. The van der Waals surface area contributed by atoms with Crippen molar-refractivity contribution in [2.45, 2.75) is 32.9 Å². The summed E-state index contributed by atoms with van der Waals surface area (Å²) in [4.78, 5) is 7.08. The minimum absolute atomic E-state index is 0.557. The lowest BCUT2D eigenvalue weighted by Gasteiger charge is -2.24. The van der Waals surface area contributed by atoms with E-state index < -0.39 is 0 Å². The molecule has 0 aliphatic heterocycles. The molecule has 1 N–H and O–H groups in total. The van der Waals surface area contributed by atoms with E-state index >= 15 is 0 Å². The Bertz CT molecular complexity index is 612. The summed E-state index contributed by atoms with van der Waals surface area (Å²) in [7, 11) is 5.75. The predicted octanol–water partition coefficient (Wildman–Crippen LogP) is 3.52. The molecule has 0 saturated heterocycles. The van der Waals surface area contributed by atoms with Crippen LogP contribution in [-0.2, 0) is 6.54 Å². The van der Waals surface area contributed by atoms with Gasteiger partial charge in [-0.1, -0.05) is 6.92 Å². The molecule has 21 heavy (non-hydrogen) atoms. The van der Waals surface area contributed by atoms with Crippen molar-refractivity contribution < 1.29 is 4.74 Å². The van der Waals surface area contributed by atoms with Crippen molar-refractivity contribution in [3.05, 3.63) is 29.8 Å². The van der Waals surface area contributed by atoms with E-state index in [0.717, 1.165) is 35.4 Å². The lowest BCUT2D eigenvalue weighted by Crippen LogP contribution is -2.28. The zero-order valence-electron chi connectivity index (χ0n) is 13.6. The van der Waals surface area contributed by atoms with E-state index in [-0.39, 0.29) is 0 Å². The molecule has 0 fully saturated rings. The topological polar surface area (TPSA) is 37.4 Å². The standard InChI is InChI=1S/C17H25N3O/c1-6-12(2)20(4)11-14-9-13-7-8-15(21-5)10-16(13)19-17(14)18-3/h7-10,12H,6,11H2,1-5H3,(H,18,19). The molecule has 1 unspecified atom stereocenters. The van der Waals surface area contributed by atoms with Crippen molar-refractivity contribution in [3.8, 4) is 5.75 Å². The number of nitrogens with one attached hydrogen (secondary N) is 1. The van der Waals surface area contributed by atoms with Crippen LogP contribution < -0.4 is 10.1 Å². The molecule has 0 bridgehead atoms. The molecule has 4 heteroatoms. The van der Waals surface area contributed by atoms with Gasteiger partial charge in [0.2, 0.25) is 0 Å². The van der Waals surface area contributed by atoms with Gasteiger partial charge in [0.25, 0.3) is 0 Å². The summed E-state index contributed by atoms with van der Waals surface area (Å²) in [5.41, 5.74) is 2.17. The Morgan fingerprint density at radius 2 is 2.10 bits per heavy atom. The number of methoxy groups -OCH3 is 1. The summed E-state index contributed by atoms with van der Waals surface area (Å²) in [6.07, 6.45) is 1.14. The number of pyridine rings is 1. The number of anilines is 1. The van der Waals surface area contributed by atoms with Gasteiger partial charge in [0.1, 0.15) is 11.6 Å². The Morgan fingerprint density at radius 1 is 1.33 bits per heavy atom. The SMILES string of the molecule is CCC(C)N(C)Cc1cc2ccc(OC)cc2nc1NC. The molecular weight excluding hydrogens is 262 g/mol. The summed E-state index contributed by atoms with van der Waals surface area (Å²) >= 11 is 0. The maximum atomic E-state index is 5.27. The maximum Gasteiger partial charge on any atom is 0.130 e. The fourth-order valence-corrected chi connectivity index (χ4v) is 2.39. The monoisotopic (exact) mass is 287 g/mol. The average molecular weight is 287 g/mol. The Balaban J connectivity index is 2.39. The number of ether oxygens (including phenoxy) is 1. The molecule has 114 valence electrons. The minimum atomic E-state index is 0.557. The first-order chi connectivity index (χ1) is 10.1. The second-order valence-corrected chi connectivity index (χ2v) is 5.48. The number of nitrogens with zero attached hydrogens (tertiary/aromatic N) is 2. The van der Waals surface area contributed by atoms with Gasteiger partial charge >= 0.3 is 0 Å². The third kappa shape index (κ3) is 3.45. The third-order valence-electron chi connectivity index (χ3n) is 4.10. The van der Waals surface area contributed by atoms with Crippen LogP contribution in [0.2, 0.25) is 0 Å². The highest BCUT2D eigenvalue weighted by Gasteiger charge is 2.12. The molecule has 1 aromatic carbocycles. The first kappa shape index (κ1) is 15.6. The molecule has 0 aliphatic carbocycles. The van der Waals surface area contributed by atoms with E-state index in [1.165, 1.54) is 5.56 Å². The number of hydrogen-bond donors (Lipinski definition) is 1. The van der Waals surface area contributed by atoms with Crippen LogP contribution in [0.1, 0.15) is 25.8 Å². The Kier molecular flexibility index (Phi) is 5.02. The van der Waals surface area contributed by atoms with E-state index in [4.69, 9.17) is 9.72 Å². The molecule has 0 radical (unpaired) electrons. The van der Waals surface area contributed by atoms with Gasteiger partial charge < -0.3 is 10.1 Å². The highest BCUT2D eigenvalue weighted by Crippen LogP contribution is 2.25. The van der Waals surface area contributed by atoms with Crippen molar-refractivity contribution in [1.82, 2.24) is 9.88 Å². The van der Waals surface area contributed by atoms with E-state index in [1.807, 2.05) is 19.2 Å². The van der Waals surface area contributed by atoms with Crippen molar-refractivity contribution in [2.24, 2.45) is 0 Å². The zero-order chi connectivity index (χ0) is 15.4. The molecule has 0 amide bonds. The van der Waals surface area contributed by atoms with Crippen LogP contribution >= 0.6 is 0 Å². The molecule has 1 aromatic heterocycles. The highest BCUT2D eigenvalue weighted by atomic mass is 16.5. The van der Waals surface area contributed by atoms with Gasteiger partial charge in [0.05, 0.1) is 12.6 Å². The molecule has 4 nitrogen and oxygen atoms in total. The number of hydrogen-bond acceptors (Lipinski definition) is 4. The summed E-state index contributed by atoms with van der Waals surface area (Å²) in [5, 5.41) is 4.35. The van der Waals surface area contributed by atoms with Gasteiger partial charge in [-0.15, -0.1) is 0 Å². The Morgan fingerprint density at radius 3 is 2.71 bits per heavy atom. The number of aromatic nitrogens is 1. The van der Waals surface area contributed by atoms with Crippen molar-refractivity contribution >= 4 is 16.7 Å². The average Bonchev–Trinajstić information content (AvgIpc) is 2.52. The molecule has 2 rings (SSSR count). The third-order valence-corrected chi connectivity index (χ3v) is 4.10. The molecular formula is C17H25N3O. The largest absolute Gasteiger partial charge is 0.497 e. The van der Waals surface area contributed by atoms with E-state index in [0.29, 0.717) is 6.04 Å². The smallest absolute Gasteiger partial charge is 0.130 e. The van der Waals surface area contributed by atoms with E-state index in [9.17, 15) is 0 Å². The zero-order valence-corrected chi connectivity index (χ0v) is 13.6. The van der Waals surface area contributed by atoms with Crippen LogP contribution in [0, 0.1) is 0 Å². The van der Waals surface area contributed by atoms with Crippen LogP contribution in [-0.4, -0.2) is 37.1 Å². The summed E-state index contributed by atoms with van der Waals surface area (Å²) in [6, 6.07) is 8.78. The Labute approximate surface area is 127 Å². The first-order valence-electron chi connectivity index (χ1n) is 7.44. The molecule has 0 aliphatic rings. The second kappa shape index (κ2) is 6.76. The van der Waals surface area contributed by atoms with Gasteiger partial charge in [0.15, 0.2) is 0 Å². The number of benzene rings is 1. The van der Waals surface area contributed by atoms with Gasteiger partial charge in [-0.05, 0) is 38.6 Å². The van der Waals surface area contributed by atoms with Crippen LogP contribution in [0.5, 0.6) is 5.75 Å². The van der Waals surface area contributed by atoms with Crippen LogP contribution in [0.15, 0.2) is 24.3 Å².